The molecule has 0 aliphatic heterocycles. The number of aromatic nitrogens is 1. The third-order valence-corrected chi connectivity index (χ3v) is 3.58. The zero-order chi connectivity index (χ0) is 19.2. The highest BCUT2D eigenvalue weighted by Gasteiger charge is 2.31. The average molecular weight is 389 g/mol. The number of rotatable bonds is 7. The molecule has 0 bridgehead atoms. The molecular formula is C17H16ClF3N2O3. The molecule has 0 aliphatic carbocycles. The van der Waals surface area contributed by atoms with Crippen LogP contribution in [-0.2, 0) is 22.4 Å². The van der Waals surface area contributed by atoms with Gasteiger partial charge in [-0.1, -0.05) is 41.0 Å². The SMILES string of the molecule is COCC(=NOC)c1ccccc1COc1ncc(C(F)(F)F)cc1Cl. The van der Waals surface area contributed by atoms with E-state index in [4.69, 9.17) is 25.9 Å². The summed E-state index contributed by atoms with van der Waals surface area (Å²) in [6, 6.07) is 7.97. The van der Waals surface area contributed by atoms with Crippen LogP contribution in [0, 0.1) is 0 Å². The maximum atomic E-state index is 12.7. The standard InChI is InChI=1S/C17H16ClF3N2O3/c1-24-10-15(23-25-2)13-6-4-3-5-11(13)9-26-16-14(18)7-12(8-22-16)17(19,20)21/h3-8H,9-10H2,1-2H3. The van der Waals surface area contributed by atoms with Crippen molar-refractivity contribution in [3.05, 3.63) is 58.2 Å². The number of hydrogen-bond acceptors (Lipinski definition) is 5. The molecule has 5 nitrogen and oxygen atoms in total. The molecule has 0 atom stereocenters. The first-order valence-electron chi connectivity index (χ1n) is 7.39. The van der Waals surface area contributed by atoms with Gasteiger partial charge in [0.2, 0.25) is 5.88 Å². The second kappa shape index (κ2) is 8.86. The number of halogens is 4. The van der Waals surface area contributed by atoms with Crippen molar-refractivity contribution < 1.29 is 27.5 Å². The van der Waals surface area contributed by atoms with E-state index in [1.54, 1.807) is 18.2 Å². The normalized spacial score (nSPS) is 12.2. The summed E-state index contributed by atoms with van der Waals surface area (Å²) in [5.74, 6) is -0.0913. The molecule has 2 rings (SSSR count). The lowest BCUT2D eigenvalue weighted by Crippen LogP contribution is -2.13. The van der Waals surface area contributed by atoms with Crippen LogP contribution in [-0.4, -0.2) is 31.5 Å². The molecule has 9 heteroatoms. The van der Waals surface area contributed by atoms with Crippen LogP contribution >= 0.6 is 11.6 Å². The summed E-state index contributed by atoms with van der Waals surface area (Å²) in [4.78, 5) is 8.47. The quantitative estimate of drug-likeness (QED) is 0.523. The molecule has 0 spiro atoms. The first-order valence-corrected chi connectivity index (χ1v) is 7.77. The molecule has 0 unspecified atom stereocenters. The highest BCUT2D eigenvalue weighted by atomic mass is 35.5. The Hall–Kier alpha value is -2.32. The van der Waals surface area contributed by atoms with E-state index in [-0.39, 0.29) is 24.1 Å². The summed E-state index contributed by atoms with van der Waals surface area (Å²) in [5.41, 5.74) is 1.04. The van der Waals surface area contributed by atoms with E-state index in [1.165, 1.54) is 14.2 Å². The van der Waals surface area contributed by atoms with E-state index < -0.39 is 11.7 Å². The average Bonchev–Trinajstić information content (AvgIpc) is 2.60. The Labute approximate surface area is 153 Å². The molecule has 0 aliphatic rings. The van der Waals surface area contributed by atoms with Gasteiger partial charge in [-0.3, -0.25) is 0 Å². The minimum Gasteiger partial charge on any atom is -0.472 e. The van der Waals surface area contributed by atoms with Crippen molar-refractivity contribution >= 4 is 17.3 Å². The molecule has 1 aromatic carbocycles. The van der Waals surface area contributed by atoms with Gasteiger partial charge in [0, 0.05) is 18.9 Å². The summed E-state index contributed by atoms with van der Waals surface area (Å²) >= 11 is 5.85. The zero-order valence-electron chi connectivity index (χ0n) is 14.0. The fourth-order valence-corrected chi connectivity index (χ4v) is 2.38. The first kappa shape index (κ1) is 20.0. The van der Waals surface area contributed by atoms with E-state index in [9.17, 15) is 13.2 Å². The van der Waals surface area contributed by atoms with E-state index in [2.05, 4.69) is 10.1 Å². The Morgan fingerprint density at radius 1 is 1.23 bits per heavy atom. The topological polar surface area (TPSA) is 52.9 Å². The van der Waals surface area contributed by atoms with E-state index in [1.807, 2.05) is 6.07 Å². The van der Waals surface area contributed by atoms with Crippen molar-refractivity contribution in [2.75, 3.05) is 20.8 Å². The third-order valence-electron chi connectivity index (χ3n) is 3.31. The number of ether oxygens (including phenoxy) is 2. The minimum absolute atomic E-state index is 0.0285. The number of nitrogens with zero attached hydrogens (tertiary/aromatic N) is 2. The maximum absolute atomic E-state index is 12.7. The fraction of sp³-hybridized carbons (Fsp3) is 0.294. The highest BCUT2D eigenvalue weighted by molar-refractivity contribution is 6.31. The van der Waals surface area contributed by atoms with Gasteiger partial charge in [0.1, 0.15) is 24.5 Å². The van der Waals surface area contributed by atoms with Crippen molar-refractivity contribution in [2.45, 2.75) is 12.8 Å². The summed E-state index contributed by atoms with van der Waals surface area (Å²) in [6.07, 6.45) is -3.84. The van der Waals surface area contributed by atoms with Crippen LogP contribution in [0.4, 0.5) is 13.2 Å². The van der Waals surface area contributed by atoms with Crippen LogP contribution in [0.25, 0.3) is 0 Å². The van der Waals surface area contributed by atoms with Crippen molar-refractivity contribution in [1.82, 2.24) is 4.98 Å². The lowest BCUT2D eigenvalue weighted by atomic mass is 10.0. The van der Waals surface area contributed by atoms with Gasteiger partial charge in [-0.15, -0.1) is 0 Å². The van der Waals surface area contributed by atoms with Crippen molar-refractivity contribution in [2.24, 2.45) is 5.16 Å². The molecule has 26 heavy (non-hydrogen) atoms. The summed E-state index contributed by atoms with van der Waals surface area (Å²) < 4.78 is 48.6. The van der Waals surface area contributed by atoms with E-state index in [0.29, 0.717) is 11.9 Å². The number of pyridine rings is 1. The first-order chi connectivity index (χ1) is 12.4. The second-order valence-electron chi connectivity index (χ2n) is 5.11. The number of alkyl halides is 3. The zero-order valence-corrected chi connectivity index (χ0v) is 14.8. The third kappa shape index (κ3) is 5.09. The van der Waals surface area contributed by atoms with Crippen molar-refractivity contribution in [3.63, 3.8) is 0 Å². The van der Waals surface area contributed by atoms with Crippen LogP contribution in [0.3, 0.4) is 0 Å². The lowest BCUT2D eigenvalue weighted by molar-refractivity contribution is -0.137. The predicted octanol–water partition coefficient (Wildman–Crippen LogP) is 4.33. The largest absolute Gasteiger partial charge is 0.472 e. The van der Waals surface area contributed by atoms with Crippen molar-refractivity contribution in [1.29, 1.82) is 0 Å². The molecule has 1 aromatic heterocycles. The van der Waals surface area contributed by atoms with Gasteiger partial charge in [-0.2, -0.15) is 13.2 Å². The number of oxime groups is 1. The monoisotopic (exact) mass is 388 g/mol. The number of hydrogen-bond donors (Lipinski definition) is 0. The molecule has 0 amide bonds. The van der Waals surface area contributed by atoms with Gasteiger partial charge >= 0.3 is 6.18 Å². The number of benzene rings is 1. The van der Waals surface area contributed by atoms with Crippen LogP contribution in [0.1, 0.15) is 16.7 Å². The second-order valence-corrected chi connectivity index (χ2v) is 5.52. The Morgan fingerprint density at radius 3 is 2.58 bits per heavy atom. The Bertz CT molecular complexity index is 782. The van der Waals surface area contributed by atoms with E-state index >= 15 is 0 Å². The molecule has 2 aromatic rings. The van der Waals surface area contributed by atoms with Gasteiger partial charge in [0.05, 0.1) is 12.2 Å². The molecular weight excluding hydrogens is 373 g/mol. The van der Waals surface area contributed by atoms with Crippen LogP contribution in [0.15, 0.2) is 41.7 Å². The van der Waals surface area contributed by atoms with Gasteiger partial charge in [-0.05, 0) is 11.6 Å². The van der Waals surface area contributed by atoms with Crippen LogP contribution in [0.2, 0.25) is 5.02 Å². The van der Waals surface area contributed by atoms with Crippen LogP contribution in [0.5, 0.6) is 5.88 Å². The van der Waals surface area contributed by atoms with Crippen molar-refractivity contribution in [3.8, 4) is 5.88 Å². The van der Waals surface area contributed by atoms with Gasteiger partial charge in [0.25, 0.3) is 0 Å². The minimum atomic E-state index is -4.52. The molecule has 140 valence electrons. The fourth-order valence-electron chi connectivity index (χ4n) is 2.16. The molecule has 0 saturated carbocycles. The molecule has 0 saturated heterocycles. The summed E-state index contributed by atoms with van der Waals surface area (Å²) in [5, 5.41) is 3.70. The maximum Gasteiger partial charge on any atom is 0.417 e. The number of methoxy groups -OCH3 is 1. The van der Waals surface area contributed by atoms with E-state index in [0.717, 1.165) is 17.2 Å². The summed E-state index contributed by atoms with van der Waals surface area (Å²) in [6.45, 7) is 0.241. The molecule has 1 heterocycles. The van der Waals surface area contributed by atoms with Gasteiger partial charge in [-0.25, -0.2) is 4.98 Å². The van der Waals surface area contributed by atoms with Gasteiger partial charge < -0.3 is 14.3 Å². The molecule has 0 fully saturated rings. The Balaban J connectivity index is 2.22. The highest BCUT2D eigenvalue weighted by Crippen LogP contribution is 2.33. The predicted molar refractivity (Wildman–Crippen MR) is 90.4 cm³/mol. The lowest BCUT2D eigenvalue weighted by Gasteiger charge is -2.13. The van der Waals surface area contributed by atoms with Gasteiger partial charge in [0.15, 0.2) is 0 Å². The Kier molecular flexibility index (Phi) is 6.82. The Morgan fingerprint density at radius 2 is 1.96 bits per heavy atom. The molecule has 0 radical (unpaired) electrons. The van der Waals surface area contributed by atoms with Crippen LogP contribution < -0.4 is 4.74 Å². The smallest absolute Gasteiger partial charge is 0.417 e. The molecule has 0 N–H and O–H groups in total. The summed E-state index contributed by atoms with van der Waals surface area (Å²) in [7, 11) is 2.94.